The van der Waals surface area contributed by atoms with Crippen LogP contribution >= 0.6 is 8.53 Å². The van der Waals surface area contributed by atoms with Gasteiger partial charge in [-0.25, -0.2) is 4.67 Å². The Morgan fingerprint density at radius 2 is 2.00 bits per heavy atom. The van der Waals surface area contributed by atoms with E-state index in [0.29, 0.717) is 26.2 Å². The number of aliphatic hydroxyl groups is 1. The van der Waals surface area contributed by atoms with E-state index >= 15 is 0 Å². The first-order valence-corrected chi connectivity index (χ1v) is 11.0. The quantitative estimate of drug-likeness (QED) is 0.280. The van der Waals surface area contributed by atoms with E-state index in [4.69, 9.17) is 23.8 Å². The molecule has 1 N–H and O–H groups in total. The molecule has 0 aromatic carbocycles. The highest BCUT2D eigenvalue weighted by Crippen LogP contribution is 2.48. The summed E-state index contributed by atoms with van der Waals surface area (Å²) in [4.78, 5) is 0. The zero-order valence-electron chi connectivity index (χ0n) is 17.7. The third-order valence-corrected chi connectivity index (χ3v) is 6.24. The van der Waals surface area contributed by atoms with Crippen LogP contribution in [-0.4, -0.2) is 66.6 Å². The lowest BCUT2D eigenvalue weighted by Crippen LogP contribution is -2.40. The van der Waals surface area contributed by atoms with E-state index in [2.05, 4.69) is 38.4 Å². The maximum atomic E-state index is 9.71. The number of allylic oxidation sites excluding steroid dienone is 3. The highest BCUT2D eigenvalue weighted by Gasteiger charge is 2.42. The molecule has 0 saturated carbocycles. The van der Waals surface area contributed by atoms with Crippen LogP contribution in [0.1, 0.15) is 41.0 Å². The van der Waals surface area contributed by atoms with Crippen LogP contribution in [0.3, 0.4) is 0 Å². The van der Waals surface area contributed by atoms with Crippen molar-refractivity contribution in [1.82, 2.24) is 4.67 Å². The molecule has 0 aromatic heterocycles. The average Bonchev–Trinajstić information content (AvgIpc) is 3.02. The minimum atomic E-state index is -1.43. The van der Waals surface area contributed by atoms with Crippen LogP contribution in [-0.2, 0) is 18.5 Å². The lowest BCUT2D eigenvalue weighted by molar-refractivity contribution is -0.0153. The lowest BCUT2D eigenvalue weighted by Gasteiger charge is -2.38. The first kappa shape index (κ1) is 25.2. The molecule has 1 heterocycles. The second-order valence-electron chi connectivity index (χ2n) is 7.00. The molecule has 160 valence electrons. The van der Waals surface area contributed by atoms with Gasteiger partial charge in [0, 0.05) is 12.1 Å². The number of nitrogens with zero attached hydrogens (tertiary/aromatic N) is 2. The lowest BCUT2D eigenvalue weighted by atomic mass is 10.1. The summed E-state index contributed by atoms with van der Waals surface area (Å²) in [5.74, 6) is 0. The first-order chi connectivity index (χ1) is 13.5. The fraction of sp³-hybridized carbons (Fsp3) is 0.750. The zero-order valence-corrected chi connectivity index (χ0v) is 18.5. The van der Waals surface area contributed by atoms with E-state index in [1.165, 1.54) is 0 Å². The van der Waals surface area contributed by atoms with Gasteiger partial charge in [-0.2, -0.15) is 5.26 Å². The highest BCUT2D eigenvalue weighted by molar-refractivity contribution is 7.44. The Morgan fingerprint density at radius 3 is 2.57 bits per heavy atom. The molecule has 0 amide bonds. The zero-order chi connectivity index (χ0) is 20.9. The molecule has 4 atom stereocenters. The van der Waals surface area contributed by atoms with Crippen molar-refractivity contribution in [1.29, 1.82) is 5.26 Å². The predicted molar refractivity (Wildman–Crippen MR) is 111 cm³/mol. The van der Waals surface area contributed by atoms with E-state index in [1.54, 1.807) is 0 Å². The largest absolute Gasteiger partial charge is 0.394 e. The van der Waals surface area contributed by atoms with Gasteiger partial charge in [-0.05, 0) is 34.6 Å². The maximum absolute atomic E-state index is 9.71. The summed E-state index contributed by atoms with van der Waals surface area (Å²) in [5.41, 5.74) is 0. The summed E-state index contributed by atoms with van der Waals surface area (Å²) in [5, 5.41) is 18.5. The van der Waals surface area contributed by atoms with Gasteiger partial charge >= 0.3 is 0 Å². The normalized spacial score (nSPS) is 24.2. The van der Waals surface area contributed by atoms with Gasteiger partial charge in [0.25, 0.3) is 8.53 Å². The van der Waals surface area contributed by atoms with Crippen molar-refractivity contribution < 1.29 is 23.6 Å². The Morgan fingerprint density at radius 1 is 1.29 bits per heavy atom. The van der Waals surface area contributed by atoms with Crippen molar-refractivity contribution in [2.24, 2.45) is 0 Å². The van der Waals surface area contributed by atoms with Crippen LogP contribution in [0.15, 0.2) is 24.3 Å². The Labute approximate surface area is 170 Å². The molecular formula is C20H35N2O5P. The minimum Gasteiger partial charge on any atom is -0.394 e. The third-order valence-electron chi connectivity index (χ3n) is 4.11. The van der Waals surface area contributed by atoms with E-state index < -0.39 is 20.7 Å². The van der Waals surface area contributed by atoms with Crippen LogP contribution < -0.4 is 0 Å². The molecule has 8 heteroatoms. The van der Waals surface area contributed by atoms with Crippen molar-refractivity contribution in [2.45, 2.75) is 71.4 Å². The Balaban J connectivity index is 2.87. The standard InChI is InChI=1S/C20H35N2O5P/c1-6-7-8-9-12-24-19-15-25-18(14-23)20(19)27-28(26-13-10-11-21)22(16(2)3)17(4)5/h6-9,16-20,23H,10,12-15H2,1-5H3/b7-6+,9-8+/t18-,19?,20+,28?/m1/s1. The van der Waals surface area contributed by atoms with Crippen molar-refractivity contribution >= 4 is 8.53 Å². The van der Waals surface area contributed by atoms with Crippen molar-refractivity contribution in [3.63, 3.8) is 0 Å². The van der Waals surface area contributed by atoms with Gasteiger partial charge in [-0.15, -0.1) is 0 Å². The van der Waals surface area contributed by atoms with Gasteiger partial charge in [0.15, 0.2) is 0 Å². The van der Waals surface area contributed by atoms with E-state index in [1.807, 2.05) is 31.2 Å². The van der Waals surface area contributed by atoms with Gasteiger partial charge < -0.3 is 23.6 Å². The molecule has 1 aliphatic heterocycles. The van der Waals surface area contributed by atoms with Crippen molar-refractivity contribution in [3.8, 4) is 6.07 Å². The molecule has 1 fully saturated rings. The topological polar surface area (TPSA) is 84.2 Å². The Kier molecular flexibility index (Phi) is 12.8. The van der Waals surface area contributed by atoms with Crippen LogP contribution in [0.5, 0.6) is 0 Å². The van der Waals surface area contributed by atoms with Crippen LogP contribution in [0.25, 0.3) is 0 Å². The summed E-state index contributed by atoms with van der Waals surface area (Å²) in [6, 6.07) is 2.50. The number of nitriles is 1. The molecular weight excluding hydrogens is 379 g/mol. The highest BCUT2D eigenvalue weighted by atomic mass is 31.2. The number of ether oxygens (including phenoxy) is 2. The van der Waals surface area contributed by atoms with Crippen LogP contribution in [0.2, 0.25) is 0 Å². The minimum absolute atomic E-state index is 0.149. The summed E-state index contributed by atoms with van der Waals surface area (Å²) in [7, 11) is -1.43. The van der Waals surface area contributed by atoms with Gasteiger partial charge in [-0.1, -0.05) is 24.3 Å². The molecule has 0 aromatic rings. The average molecular weight is 414 g/mol. The summed E-state index contributed by atoms with van der Waals surface area (Å²) in [6.07, 6.45) is 6.83. The first-order valence-electron chi connectivity index (χ1n) is 9.83. The van der Waals surface area contributed by atoms with E-state index in [9.17, 15) is 5.11 Å². The second kappa shape index (κ2) is 14.2. The number of hydrogen-bond acceptors (Lipinski definition) is 7. The number of hydrogen-bond donors (Lipinski definition) is 1. The summed E-state index contributed by atoms with van der Waals surface area (Å²) in [6.45, 7) is 11.2. The molecule has 0 bridgehead atoms. The Bertz CT molecular complexity index is 513. The predicted octanol–water partition coefficient (Wildman–Crippen LogP) is 3.56. The molecule has 2 unspecified atom stereocenters. The molecule has 1 rings (SSSR count). The monoisotopic (exact) mass is 414 g/mol. The number of aliphatic hydroxyl groups excluding tert-OH is 1. The van der Waals surface area contributed by atoms with Gasteiger partial charge in [0.1, 0.15) is 18.3 Å². The molecule has 1 saturated heterocycles. The van der Waals surface area contributed by atoms with Crippen LogP contribution in [0, 0.1) is 11.3 Å². The smallest absolute Gasteiger partial charge is 0.259 e. The van der Waals surface area contributed by atoms with Crippen LogP contribution in [0.4, 0.5) is 0 Å². The van der Waals surface area contributed by atoms with Crippen molar-refractivity contribution in [2.75, 3.05) is 26.4 Å². The SMILES string of the molecule is C/C=C/C=C/COC1CO[C@H](CO)[C@@H]1OP(OCCC#N)N(C(C)C)C(C)C. The Hall–Kier alpha value is -0.840. The van der Waals surface area contributed by atoms with Gasteiger partial charge in [-0.3, -0.25) is 0 Å². The molecule has 0 aliphatic carbocycles. The molecule has 28 heavy (non-hydrogen) atoms. The van der Waals surface area contributed by atoms with Crippen molar-refractivity contribution in [3.05, 3.63) is 24.3 Å². The summed E-state index contributed by atoms with van der Waals surface area (Å²) >= 11 is 0. The molecule has 7 nitrogen and oxygen atoms in total. The van der Waals surface area contributed by atoms with E-state index in [0.717, 1.165) is 0 Å². The second-order valence-corrected chi connectivity index (χ2v) is 8.40. The molecule has 0 spiro atoms. The molecule has 1 aliphatic rings. The summed E-state index contributed by atoms with van der Waals surface area (Å²) < 4.78 is 26.1. The fourth-order valence-corrected chi connectivity index (χ4v) is 4.69. The fourth-order valence-electron chi connectivity index (χ4n) is 2.91. The third kappa shape index (κ3) is 8.26. The number of rotatable bonds is 13. The molecule has 0 radical (unpaired) electrons. The van der Waals surface area contributed by atoms with Gasteiger partial charge in [0.2, 0.25) is 0 Å². The van der Waals surface area contributed by atoms with Gasteiger partial charge in [0.05, 0.1) is 38.9 Å². The van der Waals surface area contributed by atoms with E-state index in [-0.39, 0.29) is 24.8 Å². The maximum Gasteiger partial charge on any atom is 0.259 e.